The van der Waals surface area contributed by atoms with Gasteiger partial charge in [-0.1, -0.05) is 30.3 Å². The van der Waals surface area contributed by atoms with E-state index in [1.54, 1.807) is 0 Å². The van der Waals surface area contributed by atoms with Crippen LogP contribution in [0, 0.1) is 0 Å². The van der Waals surface area contributed by atoms with E-state index in [4.69, 9.17) is 0 Å². The number of hydrogen-bond acceptors (Lipinski definition) is 3. The summed E-state index contributed by atoms with van der Waals surface area (Å²) >= 11 is 0. The first-order valence-electron chi connectivity index (χ1n) is 9.68. The van der Waals surface area contributed by atoms with Gasteiger partial charge in [0.25, 0.3) is 0 Å². The van der Waals surface area contributed by atoms with Crippen LogP contribution < -0.4 is 10.6 Å². The van der Waals surface area contributed by atoms with E-state index in [1.165, 1.54) is 12.8 Å². The smallest absolute Gasteiger partial charge is 0.191 e. The van der Waals surface area contributed by atoms with Gasteiger partial charge in [0.1, 0.15) is 0 Å². The molecule has 0 bridgehead atoms. The maximum atomic E-state index is 10.3. The van der Waals surface area contributed by atoms with Crippen LogP contribution >= 0.6 is 0 Å². The topological polar surface area (TPSA) is 59.9 Å². The maximum absolute atomic E-state index is 10.3. The normalized spacial score (nSPS) is 25.8. The van der Waals surface area contributed by atoms with Gasteiger partial charge in [0.05, 0.1) is 12.6 Å². The number of hydrogen-bond donors (Lipinski definition) is 3. The molecule has 3 rings (SSSR count). The molecule has 1 aromatic carbocycles. The highest BCUT2D eigenvalue weighted by Gasteiger charge is 2.38. The Kier molecular flexibility index (Phi) is 6.32. The summed E-state index contributed by atoms with van der Waals surface area (Å²) in [5.41, 5.74) is 1.15. The Bertz CT molecular complexity index is 558. The van der Waals surface area contributed by atoms with E-state index in [0.717, 1.165) is 37.1 Å². The molecule has 0 aromatic heterocycles. The van der Waals surface area contributed by atoms with Crippen molar-refractivity contribution in [3.8, 4) is 0 Å². The summed E-state index contributed by atoms with van der Waals surface area (Å²) in [6.45, 7) is 6.75. The third-order valence-corrected chi connectivity index (χ3v) is 5.10. The highest BCUT2D eigenvalue weighted by atomic mass is 16.3. The molecule has 25 heavy (non-hydrogen) atoms. The SMILES string of the molecule is CCNC(=NCC(O)Cc1ccccc1)NC1CC(C)N(C2CC2)C1. The lowest BCUT2D eigenvalue weighted by Gasteiger charge is -2.20. The lowest BCUT2D eigenvalue weighted by atomic mass is 10.1. The second-order valence-electron chi connectivity index (χ2n) is 7.42. The quantitative estimate of drug-likeness (QED) is 0.521. The zero-order valence-electron chi connectivity index (χ0n) is 15.5. The summed E-state index contributed by atoms with van der Waals surface area (Å²) in [4.78, 5) is 7.24. The predicted molar refractivity (Wildman–Crippen MR) is 103 cm³/mol. The molecule has 1 heterocycles. The molecule has 2 fully saturated rings. The van der Waals surface area contributed by atoms with Gasteiger partial charge in [-0.2, -0.15) is 0 Å². The molecular weight excluding hydrogens is 312 g/mol. The molecule has 1 aliphatic heterocycles. The third kappa shape index (κ3) is 5.44. The second-order valence-corrected chi connectivity index (χ2v) is 7.42. The summed E-state index contributed by atoms with van der Waals surface area (Å²) in [6, 6.07) is 12.0. The average Bonchev–Trinajstić information content (AvgIpc) is 3.37. The number of nitrogens with zero attached hydrogens (tertiary/aromatic N) is 2. The van der Waals surface area contributed by atoms with Crippen LogP contribution in [-0.4, -0.2) is 59.8 Å². The molecule has 3 atom stereocenters. The molecule has 1 aliphatic carbocycles. The lowest BCUT2D eigenvalue weighted by molar-refractivity contribution is 0.183. The Hall–Kier alpha value is -1.59. The number of likely N-dealkylation sites (tertiary alicyclic amines) is 1. The average molecular weight is 345 g/mol. The molecule has 1 saturated carbocycles. The number of aliphatic hydroxyl groups is 1. The van der Waals surface area contributed by atoms with E-state index >= 15 is 0 Å². The van der Waals surface area contributed by atoms with Crippen molar-refractivity contribution in [1.82, 2.24) is 15.5 Å². The summed E-state index contributed by atoms with van der Waals surface area (Å²) < 4.78 is 0. The Balaban J connectivity index is 1.50. The van der Waals surface area contributed by atoms with Gasteiger partial charge in [0, 0.05) is 37.6 Å². The van der Waals surface area contributed by atoms with Crippen molar-refractivity contribution < 1.29 is 5.11 Å². The fourth-order valence-corrected chi connectivity index (χ4v) is 3.74. The number of rotatable bonds is 7. The van der Waals surface area contributed by atoms with E-state index in [1.807, 2.05) is 30.3 Å². The molecule has 0 radical (unpaired) electrons. The van der Waals surface area contributed by atoms with E-state index in [2.05, 4.69) is 34.4 Å². The van der Waals surface area contributed by atoms with Gasteiger partial charge in [-0.25, -0.2) is 0 Å². The number of aliphatic hydroxyl groups excluding tert-OH is 1. The van der Waals surface area contributed by atoms with Crippen molar-refractivity contribution in [3.05, 3.63) is 35.9 Å². The Labute approximate surface area is 151 Å². The van der Waals surface area contributed by atoms with Crippen LogP contribution in [0.4, 0.5) is 0 Å². The lowest BCUT2D eigenvalue weighted by Crippen LogP contribution is -2.45. The van der Waals surface area contributed by atoms with Crippen LogP contribution in [0.5, 0.6) is 0 Å². The molecule has 1 aromatic rings. The first-order valence-corrected chi connectivity index (χ1v) is 9.68. The monoisotopic (exact) mass is 344 g/mol. The first kappa shape index (κ1) is 18.2. The number of guanidine groups is 1. The second kappa shape index (κ2) is 8.68. The summed E-state index contributed by atoms with van der Waals surface area (Å²) in [5.74, 6) is 0.824. The number of benzene rings is 1. The van der Waals surface area contributed by atoms with Gasteiger partial charge >= 0.3 is 0 Å². The van der Waals surface area contributed by atoms with Gasteiger partial charge < -0.3 is 15.7 Å². The predicted octanol–water partition coefficient (Wildman–Crippen LogP) is 1.77. The molecule has 0 spiro atoms. The molecule has 1 saturated heterocycles. The van der Waals surface area contributed by atoms with E-state index < -0.39 is 6.10 Å². The van der Waals surface area contributed by atoms with Crippen molar-refractivity contribution >= 4 is 5.96 Å². The fraction of sp³-hybridized carbons (Fsp3) is 0.650. The first-order chi connectivity index (χ1) is 12.2. The molecule has 138 valence electrons. The van der Waals surface area contributed by atoms with E-state index in [-0.39, 0.29) is 0 Å². The van der Waals surface area contributed by atoms with Gasteiger partial charge in [-0.05, 0) is 38.7 Å². The van der Waals surface area contributed by atoms with Crippen molar-refractivity contribution in [2.75, 3.05) is 19.6 Å². The molecule has 2 aliphatic rings. The van der Waals surface area contributed by atoms with Crippen LogP contribution in [0.15, 0.2) is 35.3 Å². The Morgan fingerprint density at radius 2 is 2.08 bits per heavy atom. The number of aliphatic imine (C=N–C) groups is 1. The zero-order chi connectivity index (χ0) is 17.6. The van der Waals surface area contributed by atoms with Crippen LogP contribution in [0.3, 0.4) is 0 Å². The van der Waals surface area contributed by atoms with Gasteiger partial charge in [0.2, 0.25) is 0 Å². The van der Waals surface area contributed by atoms with Crippen LogP contribution in [-0.2, 0) is 6.42 Å². The maximum Gasteiger partial charge on any atom is 0.191 e. The van der Waals surface area contributed by atoms with Gasteiger partial charge in [-0.15, -0.1) is 0 Å². The van der Waals surface area contributed by atoms with Gasteiger partial charge in [0.15, 0.2) is 5.96 Å². The fourth-order valence-electron chi connectivity index (χ4n) is 3.74. The van der Waals surface area contributed by atoms with Crippen LogP contribution in [0.25, 0.3) is 0 Å². The van der Waals surface area contributed by atoms with Crippen molar-refractivity contribution in [3.63, 3.8) is 0 Å². The minimum Gasteiger partial charge on any atom is -0.391 e. The Morgan fingerprint density at radius 3 is 2.76 bits per heavy atom. The summed E-state index contributed by atoms with van der Waals surface area (Å²) in [6.07, 6.45) is 4.06. The molecule has 5 heteroatoms. The minimum atomic E-state index is -0.455. The zero-order valence-corrected chi connectivity index (χ0v) is 15.5. The van der Waals surface area contributed by atoms with Crippen molar-refractivity contribution in [1.29, 1.82) is 0 Å². The van der Waals surface area contributed by atoms with Crippen molar-refractivity contribution in [2.45, 2.75) is 63.8 Å². The number of nitrogens with one attached hydrogen (secondary N) is 2. The molecule has 5 nitrogen and oxygen atoms in total. The van der Waals surface area contributed by atoms with Crippen molar-refractivity contribution in [2.24, 2.45) is 4.99 Å². The summed E-state index contributed by atoms with van der Waals surface area (Å²) in [7, 11) is 0. The third-order valence-electron chi connectivity index (χ3n) is 5.10. The highest BCUT2D eigenvalue weighted by Crippen LogP contribution is 2.33. The molecule has 0 amide bonds. The largest absolute Gasteiger partial charge is 0.391 e. The molecular formula is C20H32N4O. The highest BCUT2D eigenvalue weighted by molar-refractivity contribution is 5.80. The standard InChI is InChI=1S/C20H32N4O/c1-3-21-20(22-13-19(25)12-16-7-5-4-6-8-16)23-17-11-15(2)24(14-17)18-9-10-18/h4-8,15,17-19,25H,3,9-14H2,1-2H3,(H2,21,22,23). The van der Waals surface area contributed by atoms with Gasteiger partial charge in [-0.3, -0.25) is 9.89 Å². The van der Waals surface area contributed by atoms with Crippen LogP contribution in [0.2, 0.25) is 0 Å². The van der Waals surface area contributed by atoms with Crippen LogP contribution in [0.1, 0.15) is 38.7 Å². The summed E-state index contributed by atoms with van der Waals surface area (Å²) in [5, 5.41) is 17.2. The molecule has 3 unspecified atom stereocenters. The van der Waals surface area contributed by atoms with E-state index in [9.17, 15) is 5.11 Å². The minimum absolute atomic E-state index is 0.416. The molecule has 3 N–H and O–H groups in total. The Morgan fingerprint density at radius 1 is 1.32 bits per heavy atom. The van der Waals surface area contributed by atoms with E-state index in [0.29, 0.717) is 25.0 Å².